The monoisotopic (exact) mass is 405 g/mol. The fourth-order valence-corrected chi connectivity index (χ4v) is 3.34. The van der Waals surface area contributed by atoms with Crippen molar-refractivity contribution in [1.82, 2.24) is 4.57 Å². The standard InChI is InChI=1S/C20H18F3N3O3/c1-11-9-15-17(19(27)26(11)7-8-28-2)16(14(10-24)18(25)29-15)12-3-5-13(6-4-12)20(21,22)23/h3-6,9,16H,7-8,25H2,1-2H3/t16-/m1/s1. The maximum Gasteiger partial charge on any atom is 0.416 e. The maximum absolute atomic E-state index is 13.2. The number of pyridine rings is 1. The summed E-state index contributed by atoms with van der Waals surface area (Å²) in [4.78, 5) is 13.2. The minimum Gasteiger partial charge on any atom is -0.440 e. The van der Waals surface area contributed by atoms with Crippen LogP contribution in [0.4, 0.5) is 13.2 Å². The fraction of sp³-hybridized carbons (Fsp3) is 0.300. The van der Waals surface area contributed by atoms with Gasteiger partial charge in [0.25, 0.3) is 5.56 Å². The zero-order chi connectivity index (χ0) is 21.3. The number of alkyl halides is 3. The van der Waals surface area contributed by atoms with E-state index in [1.54, 1.807) is 13.0 Å². The molecule has 29 heavy (non-hydrogen) atoms. The number of aromatic nitrogens is 1. The molecule has 0 spiro atoms. The van der Waals surface area contributed by atoms with Gasteiger partial charge < -0.3 is 19.8 Å². The lowest BCUT2D eigenvalue weighted by Gasteiger charge is -2.27. The van der Waals surface area contributed by atoms with Crippen molar-refractivity contribution < 1.29 is 22.6 Å². The molecule has 1 aliphatic rings. The molecule has 9 heteroatoms. The van der Waals surface area contributed by atoms with Crippen molar-refractivity contribution in [2.75, 3.05) is 13.7 Å². The third-order valence-corrected chi connectivity index (χ3v) is 4.78. The second-order valence-corrected chi connectivity index (χ2v) is 6.56. The van der Waals surface area contributed by atoms with Gasteiger partial charge in [0.2, 0.25) is 5.88 Å². The fourth-order valence-electron chi connectivity index (χ4n) is 3.34. The lowest BCUT2D eigenvalue weighted by atomic mass is 9.83. The molecule has 2 N–H and O–H groups in total. The molecule has 0 aliphatic carbocycles. The first-order valence-electron chi connectivity index (χ1n) is 8.67. The van der Waals surface area contributed by atoms with Crippen molar-refractivity contribution in [2.24, 2.45) is 5.73 Å². The second-order valence-electron chi connectivity index (χ2n) is 6.56. The average molecular weight is 405 g/mol. The number of ether oxygens (including phenoxy) is 2. The van der Waals surface area contributed by atoms with Gasteiger partial charge in [-0.2, -0.15) is 18.4 Å². The zero-order valence-electron chi connectivity index (χ0n) is 15.7. The van der Waals surface area contributed by atoms with Crippen LogP contribution in [0, 0.1) is 18.3 Å². The molecule has 1 aliphatic heterocycles. The minimum atomic E-state index is -4.50. The van der Waals surface area contributed by atoms with Crippen LogP contribution in [0.1, 0.15) is 28.3 Å². The Bertz CT molecular complexity index is 1060. The lowest BCUT2D eigenvalue weighted by Crippen LogP contribution is -2.33. The zero-order valence-corrected chi connectivity index (χ0v) is 15.7. The first-order valence-corrected chi connectivity index (χ1v) is 8.67. The van der Waals surface area contributed by atoms with Crippen LogP contribution < -0.4 is 16.0 Å². The average Bonchev–Trinajstić information content (AvgIpc) is 2.66. The summed E-state index contributed by atoms with van der Waals surface area (Å²) >= 11 is 0. The van der Waals surface area contributed by atoms with Crippen LogP contribution in [0.5, 0.6) is 5.75 Å². The van der Waals surface area contributed by atoms with Crippen LogP contribution >= 0.6 is 0 Å². The third-order valence-electron chi connectivity index (χ3n) is 4.78. The Morgan fingerprint density at radius 2 is 1.97 bits per heavy atom. The quantitative estimate of drug-likeness (QED) is 0.845. The van der Waals surface area contributed by atoms with E-state index < -0.39 is 23.2 Å². The molecule has 0 unspecified atom stereocenters. The number of fused-ring (bicyclic) bond motifs is 1. The van der Waals surface area contributed by atoms with E-state index in [4.69, 9.17) is 15.2 Å². The number of allylic oxidation sites excluding steroid dienone is 1. The van der Waals surface area contributed by atoms with Crippen LogP contribution in [0.25, 0.3) is 0 Å². The first-order chi connectivity index (χ1) is 13.7. The van der Waals surface area contributed by atoms with Gasteiger partial charge in [-0.3, -0.25) is 4.79 Å². The number of nitrogens with zero attached hydrogens (tertiary/aromatic N) is 2. The summed E-state index contributed by atoms with van der Waals surface area (Å²) in [5.41, 5.74) is 5.69. The molecular formula is C20H18F3N3O3. The highest BCUT2D eigenvalue weighted by molar-refractivity contribution is 5.55. The minimum absolute atomic E-state index is 0.0310. The van der Waals surface area contributed by atoms with Crippen LogP contribution in [0.3, 0.4) is 0 Å². The molecule has 1 aromatic heterocycles. The van der Waals surface area contributed by atoms with Gasteiger partial charge in [0.05, 0.1) is 23.7 Å². The van der Waals surface area contributed by atoms with Crippen molar-refractivity contribution in [3.8, 4) is 11.8 Å². The smallest absolute Gasteiger partial charge is 0.416 e. The molecule has 0 radical (unpaired) electrons. The number of methoxy groups -OCH3 is 1. The van der Waals surface area contributed by atoms with Crippen molar-refractivity contribution in [1.29, 1.82) is 5.26 Å². The number of halogens is 3. The van der Waals surface area contributed by atoms with Crippen molar-refractivity contribution >= 4 is 0 Å². The first kappa shape index (κ1) is 20.5. The molecule has 3 rings (SSSR count). The van der Waals surface area contributed by atoms with Crippen LogP contribution in [-0.4, -0.2) is 18.3 Å². The summed E-state index contributed by atoms with van der Waals surface area (Å²) in [7, 11) is 1.50. The van der Waals surface area contributed by atoms with E-state index in [1.165, 1.54) is 23.8 Å². The van der Waals surface area contributed by atoms with Gasteiger partial charge in [0.1, 0.15) is 17.4 Å². The second kappa shape index (κ2) is 7.64. The molecule has 1 aromatic carbocycles. The Morgan fingerprint density at radius 1 is 1.31 bits per heavy atom. The summed E-state index contributed by atoms with van der Waals surface area (Å²) in [6.45, 7) is 2.28. The number of hydrogen-bond donors (Lipinski definition) is 1. The molecule has 152 valence electrons. The highest BCUT2D eigenvalue weighted by Gasteiger charge is 2.35. The number of benzene rings is 1. The van der Waals surface area contributed by atoms with E-state index in [0.29, 0.717) is 11.3 Å². The Kier molecular flexibility index (Phi) is 5.40. The topological polar surface area (TPSA) is 90.3 Å². The highest BCUT2D eigenvalue weighted by Crippen LogP contribution is 2.41. The van der Waals surface area contributed by atoms with Gasteiger partial charge in [-0.25, -0.2) is 0 Å². The van der Waals surface area contributed by atoms with Gasteiger partial charge in [-0.15, -0.1) is 0 Å². The van der Waals surface area contributed by atoms with Gasteiger partial charge in [-0.1, -0.05) is 12.1 Å². The van der Waals surface area contributed by atoms with Gasteiger partial charge in [0, 0.05) is 25.4 Å². The highest BCUT2D eigenvalue weighted by atomic mass is 19.4. The molecule has 0 amide bonds. The number of aryl methyl sites for hydroxylation is 1. The summed E-state index contributed by atoms with van der Waals surface area (Å²) < 4.78 is 50.8. The molecule has 0 bridgehead atoms. The van der Waals surface area contributed by atoms with E-state index in [2.05, 4.69) is 0 Å². The SMILES string of the molecule is COCCn1c(C)cc2c(c1=O)[C@H](c1ccc(C(F)(F)F)cc1)C(C#N)=C(N)O2. The van der Waals surface area contributed by atoms with Gasteiger partial charge in [-0.05, 0) is 24.6 Å². The van der Waals surface area contributed by atoms with E-state index in [0.717, 1.165) is 12.1 Å². The van der Waals surface area contributed by atoms with Crippen molar-refractivity contribution in [3.05, 3.63) is 74.5 Å². The summed E-state index contributed by atoms with van der Waals surface area (Å²) in [6, 6.07) is 7.85. The normalized spacial score (nSPS) is 16.2. The Balaban J connectivity index is 2.21. The Morgan fingerprint density at radius 3 is 2.52 bits per heavy atom. The summed E-state index contributed by atoms with van der Waals surface area (Å²) in [5, 5.41) is 9.58. The predicted molar refractivity (Wildman–Crippen MR) is 98.1 cm³/mol. The van der Waals surface area contributed by atoms with E-state index in [9.17, 15) is 23.2 Å². The molecule has 2 heterocycles. The predicted octanol–water partition coefficient (Wildman–Crippen LogP) is 3.04. The van der Waals surface area contributed by atoms with E-state index >= 15 is 0 Å². The summed E-state index contributed by atoms with van der Waals surface area (Å²) in [5.74, 6) is -0.936. The van der Waals surface area contributed by atoms with Crippen molar-refractivity contribution in [3.63, 3.8) is 0 Å². The van der Waals surface area contributed by atoms with E-state index in [1.807, 2.05) is 6.07 Å². The molecule has 6 nitrogen and oxygen atoms in total. The largest absolute Gasteiger partial charge is 0.440 e. The molecule has 0 fully saturated rings. The molecule has 2 aromatic rings. The van der Waals surface area contributed by atoms with Crippen molar-refractivity contribution in [2.45, 2.75) is 25.6 Å². The number of hydrogen-bond acceptors (Lipinski definition) is 5. The Labute approximate surface area is 164 Å². The van der Waals surface area contributed by atoms with E-state index in [-0.39, 0.29) is 35.9 Å². The lowest BCUT2D eigenvalue weighted by molar-refractivity contribution is -0.137. The number of nitriles is 1. The van der Waals surface area contributed by atoms with Crippen LogP contribution in [0.2, 0.25) is 0 Å². The van der Waals surface area contributed by atoms with Gasteiger partial charge >= 0.3 is 6.18 Å². The van der Waals surface area contributed by atoms with Crippen LogP contribution in [-0.2, 0) is 17.5 Å². The number of rotatable bonds is 4. The summed E-state index contributed by atoms with van der Waals surface area (Å²) in [6.07, 6.45) is -4.50. The third kappa shape index (κ3) is 3.71. The maximum atomic E-state index is 13.2. The molecule has 0 saturated carbocycles. The number of nitrogens with two attached hydrogens (primary N) is 1. The van der Waals surface area contributed by atoms with Gasteiger partial charge in [0.15, 0.2) is 0 Å². The Hall–Kier alpha value is -3.25. The van der Waals surface area contributed by atoms with Crippen LogP contribution in [0.15, 0.2) is 46.6 Å². The molecular weight excluding hydrogens is 387 g/mol. The molecule has 0 saturated heterocycles. The molecule has 1 atom stereocenters.